The SMILES string of the molecule is C=CCN(C(=O)N1CCOCC1)C(C)C. The highest BCUT2D eigenvalue weighted by atomic mass is 16.5. The maximum Gasteiger partial charge on any atom is 0.320 e. The molecule has 0 aromatic heterocycles. The molecular formula is C11H20N2O2. The summed E-state index contributed by atoms with van der Waals surface area (Å²) < 4.78 is 5.22. The number of carbonyl (C=O) groups excluding carboxylic acids is 1. The van der Waals surface area contributed by atoms with Crippen molar-refractivity contribution in [2.45, 2.75) is 19.9 Å². The van der Waals surface area contributed by atoms with Crippen molar-refractivity contribution < 1.29 is 9.53 Å². The van der Waals surface area contributed by atoms with Gasteiger partial charge < -0.3 is 14.5 Å². The molecule has 0 aromatic carbocycles. The number of rotatable bonds is 3. The fourth-order valence-electron chi connectivity index (χ4n) is 1.59. The molecule has 0 unspecified atom stereocenters. The first-order chi connectivity index (χ1) is 7.16. The van der Waals surface area contributed by atoms with Crippen molar-refractivity contribution in [1.82, 2.24) is 9.80 Å². The largest absolute Gasteiger partial charge is 0.378 e. The molecule has 1 fully saturated rings. The van der Waals surface area contributed by atoms with Crippen molar-refractivity contribution in [3.05, 3.63) is 12.7 Å². The van der Waals surface area contributed by atoms with E-state index in [-0.39, 0.29) is 12.1 Å². The standard InChI is InChI=1S/C11H20N2O2/c1-4-5-13(10(2)3)11(14)12-6-8-15-9-7-12/h4,10H,1,5-9H2,2-3H3. The highest BCUT2D eigenvalue weighted by molar-refractivity contribution is 5.75. The Bertz CT molecular complexity index is 223. The molecule has 1 rings (SSSR count). The fraction of sp³-hybridized carbons (Fsp3) is 0.727. The Kier molecular flexibility index (Phi) is 4.62. The Morgan fingerprint density at radius 3 is 2.60 bits per heavy atom. The molecule has 0 aromatic rings. The Labute approximate surface area is 91.5 Å². The van der Waals surface area contributed by atoms with Crippen LogP contribution in [0.4, 0.5) is 4.79 Å². The minimum absolute atomic E-state index is 0.0909. The first-order valence-electron chi connectivity index (χ1n) is 5.41. The van der Waals surface area contributed by atoms with Gasteiger partial charge in [0.2, 0.25) is 0 Å². The van der Waals surface area contributed by atoms with Gasteiger partial charge in [-0.2, -0.15) is 0 Å². The van der Waals surface area contributed by atoms with Gasteiger partial charge in [-0.25, -0.2) is 4.79 Å². The number of urea groups is 1. The quantitative estimate of drug-likeness (QED) is 0.661. The smallest absolute Gasteiger partial charge is 0.320 e. The van der Waals surface area contributed by atoms with Gasteiger partial charge in [0.15, 0.2) is 0 Å². The summed E-state index contributed by atoms with van der Waals surface area (Å²) in [6, 6.07) is 0.298. The third kappa shape index (κ3) is 3.23. The van der Waals surface area contributed by atoms with Crippen molar-refractivity contribution in [1.29, 1.82) is 0 Å². The van der Waals surface area contributed by atoms with E-state index in [0.717, 1.165) is 0 Å². The van der Waals surface area contributed by atoms with Crippen LogP contribution >= 0.6 is 0 Å². The van der Waals surface area contributed by atoms with E-state index in [2.05, 4.69) is 6.58 Å². The first-order valence-corrected chi connectivity index (χ1v) is 5.41. The number of hydrogen-bond donors (Lipinski definition) is 0. The summed E-state index contributed by atoms with van der Waals surface area (Å²) in [4.78, 5) is 15.7. The number of carbonyl (C=O) groups is 1. The molecule has 86 valence electrons. The maximum atomic E-state index is 12.1. The molecule has 1 aliphatic heterocycles. The van der Waals surface area contributed by atoms with Crippen LogP contribution in [-0.2, 0) is 4.74 Å². The lowest BCUT2D eigenvalue weighted by molar-refractivity contribution is 0.0418. The predicted molar refractivity (Wildman–Crippen MR) is 59.8 cm³/mol. The van der Waals surface area contributed by atoms with E-state index in [9.17, 15) is 4.79 Å². The third-order valence-electron chi connectivity index (χ3n) is 2.48. The molecule has 0 N–H and O–H groups in total. The highest BCUT2D eigenvalue weighted by Gasteiger charge is 2.23. The molecule has 4 heteroatoms. The summed E-state index contributed by atoms with van der Waals surface area (Å²) in [5, 5.41) is 0. The summed E-state index contributed by atoms with van der Waals surface area (Å²) in [7, 11) is 0. The minimum Gasteiger partial charge on any atom is -0.378 e. The molecule has 4 nitrogen and oxygen atoms in total. The summed E-state index contributed by atoms with van der Waals surface area (Å²) in [6.07, 6.45) is 1.76. The molecule has 0 aliphatic carbocycles. The Hall–Kier alpha value is -1.03. The van der Waals surface area contributed by atoms with Gasteiger partial charge in [0.1, 0.15) is 0 Å². The summed E-state index contributed by atoms with van der Waals surface area (Å²) in [5.74, 6) is 0. The van der Waals surface area contributed by atoms with Crippen LogP contribution in [0.2, 0.25) is 0 Å². The van der Waals surface area contributed by atoms with Gasteiger partial charge >= 0.3 is 6.03 Å². The summed E-state index contributed by atoms with van der Waals surface area (Å²) in [6.45, 7) is 11.0. The molecule has 15 heavy (non-hydrogen) atoms. The molecule has 1 heterocycles. The number of ether oxygens (including phenoxy) is 1. The number of amides is 2. The van der Waals surface area contributed by atoms with Gasteiger partial charge in [0, 0.05) is 25.7 Å². The molecule has 0 spiro atoms. The van der Waals surface area contributed by atoms with Crippen LogP contribution in [0, 0.1) is 0 Å². The van der Waals surface area contributed by atoms with Gasteiger partial charge in [-0.05, 0) is 13.8 Å². The van der Waals surface area contributed by atoms with E-state index >= 15 is 0 Å². The van der Waals surface area contributed by atoms with Gasteiger partial charge in [-0.1, -0.05) is 6.08 Å². The maximum absolute atomic E-state index is 12.1. The second-order valence-corrected chi connectivity index (χ2v) is 3.92. The first kappa shape index (κ1) is 12.0. The number of nitrogens with zero attached hydrogens (tertiary/aromatic N) is 2. The second kappa shape index (κ2) is 5.75. The van der Waals surface area contributed by atoms with Crippen LogP contribution in [0.1, 0.15) is 13.8 Å². The molecule has 0 radical (unpaired) electrons. The van der Waals surface area contributed by atoms with Gasteiger partial charge in [-0.15, -0.1) is 6.58 Å². The summed E-state index contributed by atoms with van der Waals surface area (Å²) >= 11 is 0. The van der Waals surface area contributed by atoms with Crippen LogP contribution in [0.5, 0.6) is 0 Å². The Morgan fingerprint density at radius 2 is 2.13 bits per heavy atom. The van der Waals surface area contributed by atoms with Crippen molar-refractivity contribution >= 4 is 6.03 Å². The lowest BCUT2D eigenvalue weighted by atomic mass is 10.3. The zero-order valence-electron chi connectivity index (χ0n) is 9.61. The van der Waals surface area contributed by atoms with Gasteiger partial charge in [0.05, 0.1) is 13.2 Å². The zero-order valence-corrected chi connectivity index (χ0v) is 9.61. The molecule has 0 saturated carbocycles. The molecule has 2 amide bonds. The average Bonchev–Trinajstić information content (AvgIpc) is 2.26. The minimum atomic E-state index is 0.0909. The summed E-state index contributed by atoms with van der Waals surface area (Å²) in [5.41, 5.74) is 0. The topological polar surface area (TPSA) is 32.8 Å². The van der Waals surface area contributed by atoms with Gasteiger partial charge in [0.25, 0.3) is 0 Å². The van der Waals surface area contributed by atoms with Crippen molar-refractivity contribution in [3.8, 4) is 0 Å². The van der Waals surface area contributed by atoms with Crippen molar-refractivity contribution in [2.75, 3.05) is 32.8 Å². The Balaban J connectivity index is 2.57. The van der Waals surface area contributed by atoms with E-state index in [1.807, 2.05) is 23.6 Å². The third-order valence-corrected chi connectivity index (χ3v) is 2.48. The highest BCUT2D eigenvalue weighted by Crippen LogP contribution is 2.07. The van der Waals surface area contributed by atoms with Crippen LogP contribution in [0.3, 0.4) is 0 Å². The lowest BCUT2D eigenvalue weighted by Crippen LogP contribution is -2.50. The molecular weight excluding hydrogens is 192 g/mol. The average molecular weight is 212 g/mol. The van der Waals surface area contributed by atoms with E-state index in [1.54, 1.807) is 6.08 Å². The van der Waals surface area contributed by atoms with Crippen LogP contribution in [-0.4, -0.2) is 54.7 Å². The predicted octanol–water partition coefficient (Wildman–Crippen LogP) is 1.33. The van der Waals surface area contributed by atoms with E-state index in [0.29, 0.717) is 32.8 Å². The van der Waals surface area contributed by atoms with Crippen molar-refractivity contribution in [3.63, 3.8) is 0 Å². The zero-order chi connectivity index (χ0) is 11.3. The number of hydrogen-bond acceptors (Lipinski definition) is 2. The van der Waals surface area contributed by atoms with E-state index in [1.165, 1.54) is 0 Å². The van der Waals surface area contributed by atoms with E-state index < -0.39 is 0 Å². The van der Waals surface area contributed by atoms with Gasteiger partial charge in [-0.3, -0.25) is 0 Å². The Morgan fingerprint density at radius 1 is 1.53 bits per heavy atom. The molecule has 0 atom stereocenters. The van der Waals surface area contributed by atoms with Crippen LogP contribution in [0.25, 0.3) is 0 Å². The van der Waals surface area contributed by atoms with Crippen molar-refractivity contribution in [2.24, 2.45) is 0 Å². The monoisotopic (exact) mass is 212 g/mol. The van der Waals surface area contributed by atoms with E-state index in [4.69, 9.17) is 4.74 Å². The second-order valence-electron chi connectivity index (χ2n) is 3.92. The number of morpholine rings is 1. The molecule has 1 saturated heterocycles. The lowest BCUT2D eigenvalue weighted by Gasteiger charge is -2.34. The normalized spacial score (nSPS) is 16.6. The molecule has 0 bridgehead atoms. The fourth-order valence-corrected chi connectivity index (χ4v) is 1.59. The molecule has 1 aliphatic rings. The van der Waals surface area contributed by atoms with Crippen LogP contribution < -0.4 is 0 Å². The van der Waals surface area contributed by atoms with Crippen LogP contribution in [0.15, 0.2) is 12.7 Å².